The van der Waals surface area contributed by atoms with Crippen LogP contribution in [0.4, 0.5) is 19.5 Å². The standard InChI is InChI=1S/C19H23F2N5O2/c20-13-6-7-15(16(21)10-13)17-11-25(8-9-28-17)19(27)23-18-22-12-26(24-18)14-4-2-1-3-5-14/h6-7,10,12,14,17H,1-5,8-9,11H2,(H,23,24,27). The number of hydrogen-bond acceptors (Lipinski definition) is 4. The summed E-state index contributed by atoms with van der Waals surface area (Å²) in [5, 5.41) is 7.09. The van der Waals surface area contributed by atoms with E-state index in [9.17, 15) is 13.6 Å². The molecular formula is C19H23F2N5O2. The number of amides is 2. The van der Waals surface area contributed by atoms with E-state index in [1.54, 1.807) is 6.33 Å². The van der Waals surface area contributed by atoms with Crippen molar-refractivity contribution in [3.8, 4) is 0 Å². The molecule has 2 amide bonds. The molecule has 7 nitrogen and oxygen atoms in total. The minimum absolute atomic E-state index is 0.164. The van der Waals surface area contributed by atoms with E-state index in [4.69, 9.17) is 4.74 Å². The van der Waals surface area contributed by atoms with Crippen LogP contribution in [-0.4, -0.2) is 45.4 Å². The fourth-order valence-electron chi connectivity index (χ4n) is 3.81. The molecule has 0 radical (unpaired) electrons. The second-order valence-corrected chi connectivity index (χ2v) is 7.24. The predicted molar refractivity (Wildman–Crippen MR) is 97.8 cm³/mol. The smallest absolute Gasteiger partial charge is 0.324 e. The minimum atomic E-state index is -0.680. The summed E-state index contributed by atoms with van der Waals surface area (Å²) in [4.78, 5) is 18.3. The fourth-order valence-corrected chi connectivity index (χ4v) is 3.81. The first-order valence-corrected chi connectivity index (χ1v) is 9.64. The molecule has 9 heteroatoms. The Bertz CT molecular complexity index is 837. The van der Waals surface area contributed by atoms with Gasteiger partial charge in [0.2, 0.25) is 5.95 Å². The second kappa shape index (κ2) is 8.22. The summed E-state index contributed by atoms with van der Waals surface area (Å²) in [7, 11) is 0. The zero-order valence-electron chi connectivity index (χ0n) is 15.5. The number of rotatable bonds is 3. The number of carbonyl (C=O) groups is 1. The maximum atomic E-state index is 14.0. The van der Waals surface area contributed by atoms with E-state index >= 15 is 0 Å². The molecule has 1 N–H and O–H groups in total. The highest BCUT2D eigenvalue weighted by atomic mass is 19.1. The van der Waals surface area contributed by atoms with Crippen molar-refractivity contribution < 1.29 is 18.3 Å². The average Bonchev–Trinajstić information content (AvgIpc) is 3.17. The Labute approximate surface area is 161 Å². The van der Waals surface area contributed by atoms with Crippen LogP contribution in [0.15, 0.2) is 24.5 Å². The summed E-state index contributed by atoms with van der Waals surface area (Å²) in [5.74, 6) is -1.07. The number of aromatic nitrogens is 3. The first-order valence-electron chi connectivity index (χ1n) is 9.64. The molecule has 2 aromatic rings. The van der Waals surface area contributed by atoms with Crippen LogP contribution in [0.2, 0.25) is 0 Å². The van der Waals surface area contributed by atoms with E-state index in [1.165, 1.54) is 36.3 Å². The molecule has 4 rings (SSSR count). The molecule has 1 aromatic heterocycles. The lowest BCUT2D eigenvalue weighted by atomic mass is 9.96. The third-order valence-electron chi connectivity index (χ3n) is 5.34. The third-order valence-corrected chi connectivity index (χ3v) is 5.34. The van der Waals surface area contributed by atoms with Crippen LogP contribution < -0.4 is 5.32 Å². The van der Waals surface area contributed by atoms with Gasteiger partial charge in [0.1, 0.15) is 24.1 Å². The van der Waals surface area contributed by atoms with Crippen molar-refractivity contribution in [2.75, 3.05) is 25.0 Å². The molecule has 1 aromatic carbocycles. The molecule has 1 saturated heterocycles. The lowest BCUT2D eigenvalue weighted by molar-refractivity contribution is -0.0153. The van der Waals surface area contributed by atoms with Crippen molar-refractivity contribution in [3.05, 3.63) is 41.7 Å². The molecular weight excluding hydrogens is 368 g/mol. The van der Waals surface area contributed by atoms with Crippen molar-refractivity contribution in [1.82, 2.24) is 19.7 Å². The van der Waals surface area contributed by atoms with Gasteiger partial charge >= 0.3 is 6.03 Å². The SMILES string of the molecule is O=C(Nc1ncn(C2CCCCC2)n1)N1CCOC(c2ccc(F)cc2F)C1. The summed E-state index contributed by atoms with van der Waals surface area (Å²) in [5.41, 5.74) is 0.235. The average molecular weight is 391 g/mol. The van der Waals surface area contributed by atoms with Crippen molar-refractivity contribution in [3.63, 3.8) is 0 Å². The van der Waals surface area contributed by atoms with E-state index in [0.717, 1.165) is 18.9 Å². The number of nitrogens with one attached hydrogen (secondary N) is 1. The van der Waals surface area contributed by atoms with Crippen LogP contribution in [0.5, 0.6) is 0 Å². The summed E-state index contributed by atoms with van der Waals surface area (Å²) < 4.78 is 34.6. The number of morpholine rings is 1. The quantitative estimate of drug-likeness (QED) is 0.867. The van der Waals surface area contributed by atoms with Crippen molar-refractivity contribution >= 4 is 12.0 Å². The van der Waals surface area contributed by atoms with E-state index < -0.39 is 17.7 Å². The highest BCUT2D eigenvalue weighted by Gasteiger charge is 2.28. The highest BCUT2D eigenvalue weighted by Crippen LogP contribution is 2.28. The van der Waals surface area contributed by atoms with Gasteiger partial charge in [0.25, 0.3) is 0 Å². The van der Waals surface area contributed by atoms with Gasteiger partial charge in [-0.05, 0) is 18.9 Å². The number of anilines is 1. The largest absolute Gasteiger partial charge is 0.370 e. The lowest BCUT2D eigenvalue weighted by Crippen LogP contribution is -2.44. The summed E-state index contributed by atoms with van der Waals surface area (Å²) in [6.07, 6.45) is 6.77. The molecule has 28 heavy (non-hydrogen) atoms. The molecule has 1 unspecified atom stereocenters. The maximum absolute atomic E-state index is 14.0. The molecule has 1 aliphatic heterocycles. The van der Waals surface area contributed by atoms with Crippen LogP contribution in [0.1, 0.15) is 49.8 Å². The normalized spacial score (nSPS) is 20.9. The summed E-state index contributed by atoms with van der Waals surface area (Å²) >= 11 is 0. The molecule has 1 saturated carbocycles. The molecule has 2 fully saturated rings. The zero-order valence-corrected chi connectivity index (χ0v) is 15.5. The van der Waals surface area contributed by atoms with Gasteiger partial charge in [-0.2, -0.15) is 0 Å². The Morgan fingerprint density at radius 1 is 1.21 bits per heavy atom. The number of carbonyl (C=O) groups excluding carboxylic acids is 1. The van der Waals surface area contributed by atoms with Gasteiger partial charge < -0.3 is 9.64 Å². The van der Waals surface area contributed by atoms with Crippen LogP contribution in [0.25, 0.3) is 0 Å². The molecule has 2 heterocycles. The molecule has 0 spiro atoms. The van der Waals surface area contributed by atoms with E-state index in [-0.39, 0.29) is 30.7 Å². The topological polar surface area (TPSA) is 72.3 Å². The Hall–Kier alpha value is -2.55. The Kier molecular flexibility index (Phi) is 5.52. The van der Waals surface area contributed by atoms with Crippen molar-refractivity contribution in [1.29, 1.82) is 0 Å². The van der Waals surface area contributed by atoms with Crippen LogP contribution in [0.3, 0.4) is 0 Å². The second-order valence-electron chi connectivity index (χ2n) is 7.24. The molecule has 1 aliphatic carbocycles. The van der Waals surface area contributed by atoms with Crippen molar-refractivity contribution in [2.24, 2.45) is 0 Å². The van der Waals surface area contributed by atoms with Crippen LogP contribution in [0, 0.1) is 11.6 Å². The Morgan fingerprint density at radius 3 is 2.82 bits per heavy atom. The number of ether oxygens (including phenoxy) is 1. The molecule has 150 valence electrons. The predicted octanol–water partition coefficient (Wildman–Crippen LogP) is 3.67. The van der Waals surface area contributed by atoms with Gasteiger partial charge in [-0.3, -0.25) is 5.32 Å². The third kappa shape index (κ3) is 4.14. The highest BCUT2D eigenvalue weighted by molar-refractivity contribution is 5.87. The fraction of sp³-hybridized carbons (Fsp3) is 0.526. The number of nitrogens with zero attached hydrogens (tertiary/aromatic N) is 4. The summed E-state index contributed by atoms with van der Waals surface area (Å²) in [6.45, 7) is 0.797. The Morgan fingerprint density at radius 2 is 2.04 bits per heavy atom. The molecule has 0 bridgehead atoms. The number of hydrogen-bond donors (Lipinski definition) is 1. The van der Waals surface area contributed by atoms with Gasteiger partial charge in [0.15, 0.2) is 0 Å². The van der Waals surface area contributed by atoms with E-state index in [0.29, 0.717) is 12.6 Å². The van der Waals surface area contributed by atoms with Gasteiger partial charge in [-0.25, -0.2) is 23.2 Å². The van der Waals surface area contributed by atoms with Crippen LogP contribution >= 0.6 is 0 Å². The monoisotopic (exact) mass is 391 g/mol. The first kappa shape index (κ1) is 18.8. The minimum Gasteiger partial charge on any atom is -0.370 e. The van der Waals surface area contributed by atoms with Crippen molar-refractivity contribution in [2.45, 2.75) is 44.2 Å². The number of urea groups is 1. The molecule has 1 atom stereocenters. The van der Waals surface area contributed by atoms with E-state index in [2.05, 4.69) is 15.4 Å². The summed E-state index contributed by atoms with van der Waals surface area (Å²) in [6, 6.07) is 3.32. The number of benzene rings is 1. The van der Waals surface area contributed by atoms with Gasteiger partial charge in [0, 0.05) is 18.2 Å². The molecule has 2 aliphatic rings. The number of halogens is 2. The van der Waals surface area contributed by atoms with Gasteiger partial charge in [0.05, 0.1) is 19.2 Å². The van der Waals surface area contributed by atoms with E-state index in [1.807, 2.05) is 4.68 Å². The van der Waals surface area contributed by atoms with Gasteiger partial charge in [-0.15, -0.1) is 5.10 Å². The first-order chi connectivity index (χ1) is 13.6. The van der Waals surface area contributed by atoms with Gasteiger partial charge in [-0.1, -0.05) is 25.3 Å². The zero-order chi connectivity index (χ0) is 19.5. The Balaban J connectivity index is 1.38. The van der Waals surface area contributed by atoms with Crippen LogP contribution in [-0.2, 0) is 4.74 Å². The maximum Gasteiger partial charge on any atom is 0.324 e. The lowest BCUT2D eigenvalue weighted by Gasteiger charge is -2.33.